The van der Waals surface area contributed by atoms with Crippen molar-refractivity contribution in [3.8, 4) is 11.5 Å². The molecule has 0 saturated heterocycles. The van der Waals surface area contributed by atoms with Crippen LogP contribution in [0.1, 0.15) is 36.8 Å². The molecule has 3 rings (SSSR count). The molecule has 2 aromatic rings. The standard InChI is InChI=1S/C25H34N2O5S/c1-18(2)15-24(28)26(12-13-30-3)16-25(29)27-11-9-23-19(10-14-33-23)20(27)17-32-22-8-6-5-7-21(22)31-4/h5-8,10,14,18,20H,9,11-13,15-17H2,1-4H3. The molecular formula is C25H34N2O5S. The summed E-state index contributed by atoms with van der Waals surface area (Å²) in [6, 6.07) is 9.35. The van der Waals surface area contributed by atoms with Gasteiger partial charge in [0.25, 0.3) is 0 Å². The Kier molecular flexibility index (Phi) is 9.14. The first-order valence-electron chi connectivity index (χ1n) is 11.3. The van der Waals surface area contributed by atoms with Gasteiger partial charge in [-0.2, -0.15) is 0 Å². The zero-order chi connectivity index (χ0) is 23.8. The molecule has 180 valence electrons. The second kappa shape index (κ2) is 12.0. The second-order valence-electron chi connectivity index (χ2n) is 8.52. The maximum atomic E-state index is 13.5. The summed E-state index contributed by atoms with van der Waals surface area (Å²) in [6.45, 7) is 5.75. The van der Waals surface area contributed by atoms with Crippen molar-refractivity contribution in [3.63, 3.8) is 0 Å². The molecule has 0 N–H and O–H groups in total. The molecule has 0 bridgehead atoms. The van der Waals surface area contributed by atoms with Crippen LogP contribution in [-0.2, 0) is 20.7 Å². The Labute approximate surface area is 200 Å². The molecule has 1 aliphatic rings. The molecule has 0 spiro atoms. The highest BCUT2D eigenvalue weighted by Crippen LogP contribution is 2.35. The number of carbonyl (C=O) groups is 2. The predicted octanol–water partition coefficient (Wildman–Crippen LogP) is 3.78. The maximum Gasteiger partial charge on any atom is 0.242 e. The lowest BCUT2D eigenvalue weighted by atomic mass is 10.00. The first-order valence-corrected chi connectivity index (χ1v) is 12.2. The van der Waals surface area contributed by atoms with Crippen LogP contribution in [0.25, 0.3) is 0 Å². The minimum absolute atomic E-state index is 0.0227. The molecule has 1 atom stereocenters. The highest BCUT2D eigenvalue weighted by molar-refractivity contribution is 7.10. The zero-order valence-corrected chi connectivity index (χ0v) is 20.7. The summed E-state index contributed by atoms with van der Waals surface area (Å²) < 4.78 is 16.7. The van der Waals surface area contributed by atoms with Crippen LogP contribution in [0.3, 0.4) is 0 Å². The van der Waals surface area contributed by atoms with Crippen LogP contribution < -0.4 is 9.47 Å². The van der Waals surface area contributed by atoms with E-state index in [1.54, 1.807) is 30.5 Å². The molecular weight excluding hydrogens is 440 g/mol. The largest absolute Gasteiger partial charge is 0.493 e. The smallest absolute Gasteiger partial charge is 0.242 e. The third-order valence-electron chi connectivity index (χ3n) is 5.71. The van der Waals surface area contributed by atoms with E-state index < -0.39 is 0 Å². The third-order valence-corrected chi connectivity index (χ3v) is 6.70. The quantitative estimate of drug-likeness (QED) is 0.496. The number of fused-ring (bicyclic) bond motifs is 1. The van der Waals surface area contributed by atoms with Crippen molar-refractivity contribution in [2.75, 3.05) is 47.1 Å². The van der Waals surface area contributed by atoms with Gasteiger partial charge in [0.05, 0.1) is 26.3 Å². The summed E-state index contributed by atoms with van der Waals surface area (Å²) in [5, 5.41) is 2.06. The normalized spacial score (nSPS) is 15.3. The number of carbonyl (C=O) groups excluding carboxylic acids is 2. The van der Waals surface area contributed by atoms with Crippen molar-refractivity contribution in [2.24, 2.45) is 5.92 Å². The van der Waals surface area contributed by atoms with Crippen molar-refractivity contribution in [3.05, 3.63) is 46.2 Å². The van der Waals surface area contributed by atoms with Gasteiger partial charge in [0, 0.05) is 31.5 Å². The molecule has 8 heteroatoms. The lowest BCUT2D eigenvalue weighted by Gasteiger charge is -2.37. The van der Waals surface area contributed by atoms with Crippen molar-refractivity contribution < 1.29 is 23.8 Å². The Morgan fingerprint density at radius 1 is 1.18 bits per heavy atom. The van der Waals surface area contributed by atoms with Gasteiger partial charge in [0.2, 0.25) is 11.8 Å². The lowest BCUT2D eigenvalue weighted by Crippen LogP contribution is -2.48. The Hall–Kier alpha value is -2.58. The van der Waals surface area contributed by atoms with E-state index in [0.717, 1.165) is 12.0 Å². The van der Waals surface area contributed by atoms with E-state index in [9.17, 15) is 9.59 Å². The first kappa shape index (κ1) is 25.1. The van der Waals surface area contributed by atoms with E-state index in [2.05, 4.69) is 11.4 Å². The topological polar surface area (TPSA) is 68.3 Å². The summed E-state index contributed by atoms with van der Waals surface area (Å²) in [5.41, 5.74) is 1.12. The Bertz CT molecular complexity index is 929. The number of nitrogens with zero attached hydrogens (tertiary/aromatic N) is 2. The van der Waals surface area contributed by atoms with Gasteiger partial charge >= 0.3 is 0 Å². The molecule has 1 aliphatic heterocycles. The van der Waals surface area contributed by atoms with Gasteiger partial charge < -0.3 is 24.0 Å². The summed E-state index contributed by atoms with van der Waals surface area (Å²) >= 11 is 1.71. The average Bonchev–Trinajstić information content (AvgIpc) is 3.28. The van der Waals surface area contributed by atoms with Gasteiger partial charge in [-0.15, -0.1) is 11.3 Å². The molecule has 1 aromatic carbocycles. The Morgan fingerprint density at radius 2 is 1.94 bits per heavy atom. The van der Waals surface area contributed by atoms with Gasteiger partial charge in [-0.1, -0.05) is 26.0 Å². The molecule has 1 aromatic heterocycles. The first-order chi connectivity index (χ1) is 15.9. The molecule has 0 radical (unpaired) electrons. The molecule has 0 aliphatic carbocycles. The Morgan fingerprint density at radius 3 is 2.64 bits per heavy atom. The van der Waals surface area contributed by atoms with Crippen LogP contribution in [0.2, 0.25) is 0 Å². The highest BCUT2D eigenvalue weighted by Gasteiger charge is 2.33. The number of ether oxygens (including phenoxy) is 3. The summed E-state index contributed by atoms with van der Waals surface area (Å²) in [6.07, 6.45) is 1.22. The number of thiophene rings is 1. The number of hydrogen-bond acceptors (Lipinski definition) is 6. The fourth-order valence-corrected chi connectivity index (χ4v) is 4.94. The number of amides is 2. The SMILES string of the molecule is COCCN(CC(=O)N1CCc2sccc2C1COc1ccccc1OC)C(=O)CC(C)C. The number of benzene rings is 1. The van der Waals surface area contributed by atoms with Gasteiger partial charge in [0.1, 0.15) is 6.61 Å². The molecule has 33 heavy (non-hydrogen) atoms. The van der Waals surface area contributed by atoms with Crippen LogP contribution >= 0.6 is 11.3 Å². The summed E-state index contributed by atoms with van der Waals surface area (Å²) in [5.74, 6) is 1.42. The van der Waals surface area contributed by atoms with Crippen LogP contribution in [0.15, 0.2) is 35.7 Å². The van der Waals surface area contributed by atoms with Crippen LogP contribution in [0, 0.1) is 5.92 Å². The van der Waals surface area contributed by atoms with Crippen molar-refractivity contribution >= 4 is 23.2 Å². The van der Waals surface area contributed by atoms with Gasteiger partial charge in [-0.25, -0.2) is 0 Å². The van der Waals surface area contributed by atoms with Crippen molar-refractivity contribution in [1.82, 2.24) is 9.80 Å². The summed E-state index contributed by atoms with van der Waals surface area (Å²) in [4.78, 5) is 31.0. The van der Waals surface area contributed by atoms with Gasteiger partial charge in [0.15, 0.2) is 11.5 Å². The van der Waals surface area contributed by atoms with Crippen LogP contribution in [0.4, 0.5) is 0 Å². The van der Waals surface area contributed by atoms with E-state index >= 15 is 0 Å². The molecule has 0 fully saturated rings. The number of methoxy groups -OCH3 is 2. The van der Waals surface area contributed by atoms with Crippen LogP contribution in [0.5, 0.6) is 11.5 Å². The van der Waals surface area contributed by atoms with E-state index in [1.165, 1.54) is 4.88 Å². The molecule has 7 nitrogen and oxygen atoms in total. The lowest BCUT2D eigenvalue weighted by molar-refractivity contribution is -0.143. The fraction of sp³-hybridized carbons (Fsp3) is 0.520. The van der Waals surface area contributed by atoms with E-state index in [4.69, 9.17) is 14.2 Å². The minimum Gasteiger partial charge on any atom is -0.493 e. The van der Waals surface area contributed by atoms with E-state index in [0.29, 0.717) is 44.2 Å². The maximum absolute atomic E-state index is 13.5. The van der Waals surface area contributed by atoms with E-state index in [-0.39, 0.29) is 30.3 Å². The number of hydrogen-bond donors (Lipinski definition) is 0. The third kappa shape index (κ3) is 6.48. The average molecular weight is 475 g/mol. The molecule has 1 unspecified atom stereocenters. The Balaban J connectivity index is 1.77. The summed E-state index contributed by atoms with van der Waals surface area (Å²) in [7, 11) is 3.21. The van der Waals surface area contributed by atoms with E-state index in [1.807, 2.05) is 43.0 Å². The second-order valence-corrected chi connectivity index (χ2v) is 9.52. The van der Waals surface area contributed by atoms with Crippen molar-refractivity contribution in [1.29, 1.82) is 0 Å². The number of rotatable bonds is 11. The van der Waals surface area contributed by atoms with Gasteiger partial charge in [-0.3, -0.25) is 9.59 Å². The fourth-order valence-electron chi connectivity index (χ4n) is 4.01. The van der Waals surface area contributed by atoms with Crippen molar-refractivity contribution in [2.45, 2.75) is 32.7 Å². The minimum atomic E-state index is -0.220. The molecule has 2 amide bonds. The number of para-hydroxylation sites is 2. The van der Waals surface area contributed by atoms with Gasteiger partial charge in [-0.05, 0) is 41.5 Å². The highest BCUT2D eigenvalue weighted by atomic mass is 32.1. The zero-order valence-electron chi connectivity index (χ0n) is 19.9. The van der Waals surface area contributed by atoms with Crippen LogP contribution in [-0.4, -0.2) is 68.7 Å². The predicted molar refractivity (Wildman–Crippen MR) is 129 cm³/mol. The monoisotopic (exact) mass is 474 g/mol. The molecule has 2 heterocycles. The molecule has 0 saturated carbocycles.